The second-order valence-electron chi connectivity index (χ2n) is 2.82. The number of rotatable bonds is 3. The Morgan fingerprint density at radius 3 is 2.62 bits per heavy atom. The standard InChI is InChI=1S/C7H11Br2NO2S/c1-2-3-4-10-7(11)5(8)6(9)13(10)12/h5-6H,2-4H2,1H3. The van der Waals surface area contributed by atoms with E-state index in [1.807, 2.05) is 6.92 Å². The third-order valence-corrected chi connectivity index (χ3v) is 6.76. The highest BCUT2D eigenvalue weighted by atomic mass is 79.9. The van der Waals surface area contributed by atoms with E-state index in [9.17, 15) is 9.35 Å². The number of amides is 1. The number of hydrogen-bond donors (Lipinski definition) is 0. The lowest BCUT2D eigenvalue weighted by Gasteiger charge is -2.16. The van der Waals surface area contributed by atoms with Crippen LogP contribution in [0.15, 0.2) is 0 Å². The molecule has 1 aliphatic rings. The van der Waals surface area contributed by atoms with Crippen LogP contribution in [-0.2, 0) is 16.2 Å². The second kappa shape index (κ2) is 5.00. The van der Waals surface area contributed by atoms with Gasteiger partial charge in [-0.3, -0.25) is 4.79 Å². The smallest absolute Gasteiger partial charge is 0.283 e. The molecule has 6 heteroatoms. The maximum absolute atomic E-state index is 11.6. The lowest BCUT2D eigenvalue weighted by molar-refractivity contribution is -0.124. The zero-order chi connectivity index (χ0) is 10.0. The van der Waals surface area contributed by atoms with E-state index in [-0.39, 0.29) is 14.9 Å². The molecule has 1 amide bonds. The third-order valence-electron chi connectivity index (χ3n) is 1.84. The number of carbonyl (C=O) groups is 1. The fourth-order valence-corrected chi connectivity index (χ4v) is 4.00. The molecule has 0 N–H and O–H groups in total. The molecule has 0 aromatic heterocycles. The lowest BCUT2D eigenvalue weighted by Crippen LogP contribution is -2.32. The highest BCUT2D eigenvalue weighted by Gasteiger charge is 2.49. The fraction of sp³-hybridized carbons (Fsp3) is 0.857. The highest BCUT2D eigenvalue weighted by Crippen LogP contribution is 2.32. The van der Waals surface area contributed by atoms with Crippen LogP contribution in [0.5, 0.6) is 0 Å². The molecule has 3 nitrogen and oxygen atoms in total. The number of nitrogens with zero attached hydrogens (tertiary/aromatic N) is 1. The molecule has 0 radical (unpaired) electrons. The summed E-state index contributed by atoms with van der Waals surface area (Å²) in [5.41, 5.74) is 0. The molecule has 0 spiro atoms. The maximum Gasteiger partial charge on any atom is 0.283 e. The van der Waals surface area contributed by atoms with Crippen molar-refractivity contribution in [1.29, 1.82) is 0 Å². The van der Waals surface area contributed by atoms with Crippen LogP contribution in [0.1, 0.15) is 19.8 Å². The Balaban J connectivity index is 2.59. The predicted octanol–water partition coefficient (Wildman–Crippen LogP) is 1.78. The van der Waals surface area contributed by atoms with Crippen molar-refractivity contribution in [2.75, 3.05) is 6.54 Å². The Hall–Kier alpha value is 0.740. The summed E-state index contributed by atoms with van der Waals surface area (Å²) in [5.74, 6) is -0.0753. The van der Waals surface area contributed by atoms with Crippen LogP contribution in [0.25, 0.3) is 0 Å². The number of carbonyl (C=O) groups excluding carboxylic acids is 1. The summed E-state index contributed by atoms with van der Waals surface area (Å²) in [6, 6.07) is 0. The van der Waals surface area contributed by atoms with Gasteiger partial charge in [0.1, 0.15) is 0 Å². The predicted molar refractivity (Wildman–Crippen MR) is 60.2 cm³/mol. The minimum Gasteiger partial charge on any atom is -0.592 e. The first-order chi connectivity index (χ1) is 6.09. The average Bonchev–Trinajstić information content (AvgIpc) is 2.30. The van der Waals surface area contributed by atoms with E-state index in [4.69, 9.17) is 0 Å². The van der Waals surface area contributed by atoms with Gasteiger partial charge in [-0.05, 0) is 22.4 Å². The van der Waals surface area contributed by atoms with Crippen molar-refractivity contribution in [1.82, 2.24) is 4.31 Å². The Bertz CT molecular complexity index is 205. The van der Waals surface area contributed by atoms with Gasteiger partial charge in [0.25, 0.3) is 5.91 Å². The molecule has 0 aliphatic carbocycles. The van der Waals surface area contributed by atoms with E-state index in [2.05, 4.69) is 31.9 Å². The summed E-state index contributed by atoms with van der Waals surface area (Å²) in [5, 5.41) is 0. The quantitative estimate of drug-likeness (QED) is 0.584. The molecule has 1 fully saturated rings. The monoisotopic (exact) mass is 331 g/mol. The van der Waals surface area contributed by atoms with Gasteiger partial charge in [0, 0.05) is 0 Å². The van der Waals surface area contributed by atoms with Crippen LogP contribution in [0.2, 0.25) is 0 Å². The zero-order valence-electron chi connectivity index (χ0n) is 7.20. The van der Waals surface area contributed by atoms with Gasteiger partial charge in [-0.25, -0.2) is 0 Å². The number of unbranched alkanes of at least 4 members (excludes halogenated alkanes) is 1. The zero-order valence-corrected chi connectivity index (χ0v) is 11.2. The molecule has 1 rings (SSSR count). The summed E-state index contributed by atoms with van der Waals surface area (Å²) in [7, 11) is 0. The van der Waals surface area contributed by atoms with Gasteiger partial charge in [0.15, 0.2) is 4.83 Å². The third kappa shape index (κ3) is 2.40. The van der Waals surface area contributed by atoms with Crippen molar-refractivity contribution in [3.63, 3.8) is 0 Å². The summed E-state index contributed by atoms with van der Waals surface area (Å²) in [6.45, 7) is 2.63. The van der Waals surface area contributed by atoms with E-state index in [1.165, 1.54) is 4.31 Å². The lowest BCUT2D eigenvalue weighted by atomic mass is 10.3. The molecule has 1 aliphatic heterocycles. The Kier molecular flexibility index (Phi) is 4.54. The van der Waals surface area contributed by atoms with Crippen LogP contribution >= 0.6 is 31.9 Å². The molecule has 0 aromatic carbocycles. The van der Waals surface area contributed by atoms with Gasteiger partial charge in [-0.1, -0.05) is 29.3 Å². The largest absolute Gasteiger partial charge is 0.592 e. The Labute approximate surface area is 97.8 Å². The van der Waals surface area contributed by atoms with Crippen LogP contribution in [-0.4, -0.2) is 30.3 Å². The van der Waals surface area contributed by atoms with Crippen molar-refractivity contribution in [3.05, 3.63) is 0 Å². The molecule has 3 unspecified atom stereocenters. The van der Waals surface area contributed by atoms with E-state index in [0.717, 1.165) is 12.8 Å². The molecule has 0 aromatic rings. The summed E-state index contributed by atoms with van der Waals surface area (Å²) in [6.07, 6.45) is 1.90. The molecule has 0 bridgehead atoms. The maximum atomic E-state index is 11.6. The van der Waals surface area contributed by atoms with Gasteiger partial charge in [0.05, 0.1) is 17.9 Å². The first-order valence-electron chi connectivity index (χ1n) is 4.09. The topological polar surface area (TPSA) is 43.4 Å². The number of hydrogen-bond acceptors (Lipinski definition) is 2. The SMILES string of the molecule is CCCCN1C(=O)C(Br)C(Br)[S+]1[O-]. The molecule has 1 saturated heterocycles. The molecule has 3 atom stereocenters. The van der Waals surface area contributed by atoms with Crippen molar-refractivity contribution in [3.8, 4) is 0 Å². The van der Waals surface area contributed by atoms with Gasteiger partial charge in [0.2, 0.25) is 4.16 Å². The Morgan fingerprint density at radius 1 is 1.62 bits per heavy atom. The molecular formula is C7H11Br2NO2S. The van der Waals surface area contributed by atoms with Crippen LogP contribution in [0, 0.1) is 0 Å². The Morgan fingerprint density at radius 2 is 2.23 bits per heavy atom. The molecular weight excluding hydrogens is 322 g/mol. The van der Waals surface area contributed by atoms with Crippen molar-refractivity contribution < 1.29 is 9.35 Å². The van der Waals surface area contributed by atoms with Crippen molar-refractivity contribution >= 4 is 49.1 Å². The van der Waals surface area contributed by atoms with Crippen LogP contribution in [0.3, 0.4) is 0 Å². The number of halogens is 2. The van der Waals surface area contributed by atoms with E-state index in [0.29, 0.717) is 6.54 Å². The van der Waals surface area contributed by atoms with Gasteiger partial charge >= 0.3 is 0 Å². The minimum absolute atomic E-state index is 0.0753. The van der Waals surface area contributed by atoms with E-state index >= 15 is 0 Å². The minimum atomic E-state index is -1.21. The summed E-state index contributed by atoms with van der Waals surface area (Å²) in [4.78, 5) is 11.1. The summed E-state index contributed by atoms with van der Waals surface area (Å²) >= 11 is 5.23. The van der Waals surface area contributed by atoms with Crippen molar-refractivity contribution in [2.45, 2.75) is 28.8 Å². The van der Waals surface area contributed by atoms with Gasteiger partial charge < -0.3 is 4.55 Å². The van der Waals surface area contributed by atoms with Gasteiger partial charge in [-0.2, -0.15) is 4.31 Å². The molecule has 0 saturated carbocycles. The first-order valence-corrected chi connectivity index (χ1v) is 7.10. The first kappa shape index (κ1) is 11.8. The fourth-order valence-electron chi connectivity index (χ4n) is 1.06. The van der Waals surface area contributed by atoms with E-state index < -0.39 is 11.4 Å². The molecule has 76 valence electrons. The molecule has 1 heterocycles. The highest BCUT2D eigenvalue weighted by molar-refractivity contribution is 9.13. The van der Waals surface area contributed by atoms with Crippen molar-refractivity contribution in [2.24, 2.45) is 0 Å². The van der Waals surface area contributed by atoms with Crippen LogP contribution < -0.4 is 0 Å². The average molecular weight is 333 g/mol. The normalized spacial score (nSPS) is 34.3. The second-order valence-corrected chi connectivity index (χ2v) is 6.90. The van der Waals surface area contributed by atoms with E-state index in [1.54, 1.807) is 0 Å². The van der Waals surface area contributed by atoms with Gasteiger partial charge in [-0.15, -0.1) is 0 Å². The summed E-state index contributed by atoms with van der Waals surface area (Å²) < 4.78 is 12.7. The molecule has 13 heavy (non-hydrogen) atoms. The van der Waals surface area contributed by atoms with Crippen LogP contribution in [0.4, 0.5) is 0 Å². The number of alkyl halides is 2.